The second kappa shape index (κ2) is 11.6. The zero-order valence-electron chi connectivity index (χ0n) is 21.7. The quantitative estimate of drug-likeness (QED) is 0.459. The van der Waals surface area contributed by atoms with Crippen molar-refractivity contribution in [2.75, 3.05) is 32.2 Å². The Bertz CT molecular complexity index is 918. The standard InChI is InChI=1S/C28H43N5O3/c1-36-27(35)22-17-21(20-9-10-20)11-12-23(22)30-26(34)25-28(13-7-5-3-2-4-6-8-14-28)18-24(31-32-25)33-16-15-29-19-33/h11-12,17,20,24-25,29,31-32H,2-10,13-16,18-19H2,1H3,(H,30,34). The minimum atomic E-state index is -0.405. The van der Waals surface area contributed by atoms with Gasteiger partial charge in [0.25, 0.3) is 0 Å². The fourth-order valence-corrected chi connectivity index (χ4v) is 6.52. The smallest absolute Gasteiger partial charge is 0.339 e. The van der Waals surface area contributed by atoms with E-state index in [1.165, 1.54) is 39.2 Å². The van der Waals surface area contributed by atoms with E-state index in [0.717, 1.165) is 70.3 Å². The highest BCUT2D eigenvalue weighted by Gasteiger charge is 2.48. The number of anilines is 1. The summed E-state index contributed by atoms with van der Waals surface area (Å²) in [7, 11) is 1.40. The van der Waals surface area contributed by atoms with Gasteiger partial charge in [-0.3, -0.25) is 9.69 Å². The number of hydrogen-bond donors (Lipinski definition) is 4. The monoisotopic (exact) mass is 497 g/mol. The van der Waals surface area contributed by atoms with Gasteiger partial charge in [0.15, 0.2) is 0 Å². The van der Waals surface area contributed by atoms with Crippen molar-refractivity contribution in [1.29, 1.82) is 0 Å². The van der Waals surface area contributed by atoms with Crippen LogP contribution in [0.5, 0.6) is 0 Å². The first-order valence-corrected chi connectivity index (χ1v) is 14.1. The number of carbonyl (C=O) groups excluding carboxylic acids is 2. The van der Waals surface area contributed by atoms with Crippen LogP contribution in [-0.2, 0) is 9.53 Å². The number of esters is 1. The fourth-order valence-electron chi connectivity index (χ4n) is 6.52. The average Bonchev–Trinajstić information content (AvgIpc) is 3.60. The van der Waals surface area contributed by atoms with Gasteiger partial charge in [-0.05, 0) is 61.1 Å². The summed E-state index contributed by atoms with van der Waals surface area (Å²) in [5, 5.41) is 6.58. The predicted octanol–water partition coefficient (Wildman–Crippen LogP) is 3.86. The average molecular weight is 498 g/mol. The van der Waals surface area contributed by atoms with Gasteiger partial charge in [-0.25, -0.2) is 15.6 Å². The summed E-state index contributed by atoms with van der Waals surface area (Å²) in [5.41, 5.74) is 8.95. The van der Waals surface area contributed by atoms with Crippen LogP contribution in [0.4, 0.5) is 5.69 Å². The first-order valence-electron chi connectivity index (χ1n) is 14.1. The van der Waals surface area contributed by atoms with Gasteiger partial charge in [0, 0.05) is 19.8 Å². The fraction of sp³-hybridized carbons (Fsp3) is 0.714. The summed E-state index contributed by atoms with van der Waals surface area (Å²) in [6, 6.07) is 5.47. The Morgan fingerprint density at radius 1 is 1.03 bits per heavy atom. The van der Waals surface area contributed by atoms with Crippen LogP contribution in [-0.4, -0.2) is 55.9 Å². The van der Waals surface area contributed by atoms with Gasteiger partial charge < -0.3 is 15.4 Å². The predicted molar refractivity (Wildman–Crippen MR) is 140 cm³/mol. The third kappa shape index (κ3) is 5.77. The maximum absolute atomic E-state index is 13.9. The molecule has 2 saturated heterocycles. The zero-order valence-corrected chi connectivity index (χ0v) is 21.7. The van der Waals surface area contributed by atoms with E-state index >= 15 is 0 Å². The normalized spacial score (nSPS) is 27.5. The Morgan fingerprint density at radius 2 is 1.75 bits per heavy atom. The van der Waals surface area contributed by atoms with Gasteiger partial charge in [-0.2, -0.15) is 0 Å². The number of methoxy groups -OCH3 is 1. The Balaban J connectivity index is 1.39. The molecule has 36 heavy (non-hydrogen) atoms. The second-order valence-electron chi connectivity index (χ2n) is 11.3. The molecule has 2 saturated carbocycles. The summed E-state index contributed by atoms with van der Waals surface area (Å²) < 4.78 is 5.07. The second-order valence-corrected chi connectivity index (χ2v) is 11.3. The number of rotatable bonds is 5. The first-order chi connectivity index (χ1) is 17.6. The first kappa shape index (κ1) is 25.6. The van der Waals surface area contributed by atoms with Crippen molar-refractivity contribution in [3.63, 3.8) is 0 Å². The Labute approximate surface area is 215 Å². The minimum Gasteiger partial charge on any atom is -0.465 e. The van der Waals surface area contributed by atoms with E-state index in [1.54, 1.807) is 0 Å². The molecule has 5 rings (SSSR count). The van der Waals surface area contributed by atoms with Crippen LogP contribution in [0.2, 0.25) is 0 Å². The molecule has 2 unspecified atom stereocenters. The van der Waals surface area contributed by atoms with Crippen molar-refractivity contribution >= 4 is 17.6 Å². The van der Waals surface area contributed by atoms with Crippen molar-refractivity contribution in [2.24, 2.45) is 5.41 Å². The zero-order chi connectivity index (χ0) is 25.0. The van der Waals surface area contributed by atoms with Crippen LogP contribution in [0.1, 0.15) is 98.9 Å². The van der Waals surface area contributed by atoms with Gasteiger partial charge in [0.05, 0.1) is 24.5 Å². The van der Waals surface area contributed by atoms with Crippen LogP contribution in [0.3, 0.4) is 0 Å². The lowest BCUT2D eigenvalue weighted by atomic mass is 9.67. The van der Waals surface area contributed by atoms with Gasteiger partial charge in [0.2, 0.25) is 5.91 Å². The lowest BCUT2D eigenvalue weighted by Gasteiger charge is -2.49. The number of benzene rings is 1. The molecule has 1 amide bonds. The topological polar surface area (TPSA) is 94.7 Å². The molecule has 2 atom stereocenters. The number of carbonyl (C=O) groups is 2. The number of nitrogens with one attached hydrogen (secondary N) is 4. The molecule has 4 fully saturated rings. The van der Waals surface area contributed by atoms with Crippen molar-refractivity contribution in [3.05, 3.63) is 29.3 Å². The number of hydrogen-bond acceptors (Lipinski definition) is 7. The van der Waals surface area contributed by atoms with Crippen molar-refractivity contribution in [2.45, 2.75) is 95.2 Å². The molecule has 198 valence electrons. The molecular weight excluding hydrogens is 454 g/mol. The van der Waals surface area contributed by atoms with E-state index in [2.05, 4.69) is 26.4 Å². The van der Waals surface area contributed by atoms with Crippen LogP contribution < -0.4 is 21.5 Å². The molecule has 1 aromatic carbocycles. The highest BCUT2D eigenvalue weighted by Crippen LogP contribution is 2.44. The van der Waals surface area contributed by atoms with E-state index < -0.39 is 5.97 Å². The Hall–Kier alpha value is -2.00. The van der Waals surface area contributed by atoms with Crippen molar-refractivity contribution < 1.29 is 14.3 Å². The Kier molecular flexibility index (Phi) is 8.25. The summed E-state index contributed by atoms with van der Waals surface area (Å²) in [5.74, 6) is 0.0463. The van der Waals surface area contributed by atoms with Gasteiger partial charge in [-0.1, -0.05) is 51.0 Å². The van der Waals surface area contributed by atoms with E-state index in [-0.39, 0.29) is 23.5 Å². The molecule has 2 heterocycles. The molecule has 1 spiro atoms. The van der Waals surface area contributed by atoms with Crippen molar-refractivity contribution in [3.8, 4) is 0 Å². The molecule has 0 radical (unpaired) electrons. The molecule has 1 aromatic rings. The SMILES string of the molecule is COC(=O)c1cc(C2CC2)ccc1NC(=O)C1NNC(N2CCNC2)CC12CCCCCCCCC2. The molecule has 0 bridgehead atoms. The van der Waals surface area contributed by atoms with E-state index in [4.69, 9.17) is 4.74 Å². The number of hydrazine groups is 1. The summed E-state index contributed by atoms with van der Waals surface area (Å²) in [4.78, 5) is 29.0. The van der Waals surface area contributed by atoms with Crippen LogP contribution in [0.15, 0.2) is 18.2 Å². The van der Waals surface area contributed by atoms with E-state index in [1.807, 2.05) is 18.2 Å². The van der Waals surface area contributed by atoms with Crippen LogP contribution in [0.25, 0.3) is 0 Å². The van der Waals surface area contributed by atoms with Gasteiger partial charge in [0.1, 0.15) is 6.04 Å². The molecule has 4 aliphatic rings. The van der Waals surface area contributed by atoms with E-state index in [9.17, 15) is 9.59 Å². The molecule has 8 heteroatoms. The van der Waals surface area contributed by atoms with Gasteiger partial charge in [-0.15, -0.1) is 0 Å². The van der Waals surface area contributed by atoms with Crippen LogP contribution in [0, 0.1) is 5.41 Å². The minimum absolute atomic E-state index is 0.0677. The van der Waals surface area contributed by atoms with E-state index in [0.29, 0.717) is 17.2 Å². The third-order valence-electron chi connectivity index (χ3n) is 8.81. The number of ether oxygens (including phenoxy) is 1. The summed E-state index contributed by atoms with van der Waals surface area (Å²) in [6.45, 7) is 2.90. The third-order valence-corrected chi connectivity index (χ3v) is 8.81. The molecule has 2 aliphatic carbocycles. The maximum Gasteiger partial charge on any atom is 0.339 e. The summed E-state index contributed by atoms with van der Waals surface area (Å²) in [6.07, 6.45) is 14.2. The Morgan fingerprint density at radius 3 is 2.39 bits per heavy atom. The highest BCUT2D eigenvalue weighted by atomic mass is 16.5. The highest BCUT2D eigenvalue weighted by molar-refractivity contribution is 6.03. The largest absolute Gasteiger partial charge is 0.465 e. The van der Waals surface area contributed by atoms with Gasteiger partial charge >= 0.3 is 5.97 Å². The maximum atomic E-state index is 13.9. The van der Waals surface area contributed by atoms with Crippen LogP contribution >= 0.6 is 0 Å². The lowest BCUT2D eigenvalue weighted by molar-refractivity contribution is -0.125. The number of nitrogens with zero attached hydrogens (tertiary/aromatic N) is 1. The molecule has 8 nitrogen and oxygen atoms in total. The molecule has 0 aromatic heterocycles. The number of amides is 1. The molecule has 2 aliphatic heterocycles. The molecule has 4 N–H and O–H groups in total. The molecular formula is C28H43N5O3. The lowest BCUT2D eigenvalue weighted by Crippen LogP contribution is -2.68. The summed E-state index contributed by atoms with van der Waals surface area (Å²) >= 11 is 0. The van der Waals surface area contributed by atoms with Crippen molar-refractivity contribution in [1.82, 2.24) is 21.1 Å².